The molecule has 162 valence electrons. The molecule has 0 radical (unpaired) electrons. The number of halogens is 1. The highest BCUT2D eigenvalue weighted by Gasteiger charge is 2.33. The summed E-state index contributed by atoms with van der Waals surface area (Å²) in [5.74, 6) is -3.66. The average Bonchev–Trinajstić information content (AvgIpc) is 2.97. The molecule has 0 fully saturated rings. The number of carbonyl (C=O) groups is 3. The first-order chi connectivity index (χ1) is 14.4. The monoisotopic (exact) mass is 426 g/mol. The highest BCUT2D eigenvalue weighted by Crippen LogP contribution is 2.35. The lowest BCUT2D eigenvalue weighted by atomic mass is 9.95. The zero-order valence-corrected chi connectivity index (χ0v) is 17.6. The van der Waals surface area contributed by atoms with Crippen LogP contribution < -0.4 is 5.32 Å². The van der Waals surface area contributed by atoms with Crippen molar-refractivity contribution in [3.63, 3.8) is 0 Å². The zero-order valence-electron chi connectivity index (χ0n) is 17.6. The molecule has 0 bridgehead atoms. The van der Waals surface area contributed by atoms with Crippen LogP contribution in [0.1, 0.15) is 48.3 Å². The molecule has 0 aliphatic heterocycles. The fraction of sp³-hybridized carbons (Fsp3) is 0.261. The Hall–Kier alpha value is -3.68. The van der Waals surface area contributed by atoms with Crippen molar-refractivity contribution in [3.8, 4) is 5.75 Å². The van der Waals surface area contributed by atoms with Gasteiger partial charge < -0.3 is 15.5 Å². The summed E-state index contributed by atoms with van der Waals surface area (Å²) in [6.45, 7) is 5.98. The molecule has 2 aromatic carbocycles. The first-order valence-electron chi connectivity index (χ1n) is 9.63. The van der Waals surface area contributed by atoms with Crippen molar-refractivity contribution < 1.29 is 29.0 Å². The topological polar surface area (TPSA) is 109 Å². The van der Waals surface area contributed by atoms with E-state index >= 15 is 0 Å². The number of phenols is 1. The summed E-state index contributed by atoms with van der Waals surface area (Å²) in [4.78, 5) is 37.4. The maximum Gasteiger partial charge on any atom is 0.328 e. The Kier molecular flexibility index (Phi) is 5.59. The number of nitrogens with one attached hydrogen (secondary N) is 1. The van der Waals surface area contributed by atoms with Crippen molar-refractivity contribution in [2.24, 2.45) is 0 Å². The van der Waals surface area contributed by atoms with Gasteiger partial charge in [0.05, 0.1) is 11.4 Å². The van der Waals surface area contributed by atoms with E-state index in [4.69, 9.17) is 0 Å². The number of phenolic OH excluding ortho intramolecular Hbond substituents is 1. The van der Waals surface area contributed by atoms with Crippen molar-refractivity contribution in [1.29, 1.82) is 0 Å². The summed E-state index contributed by atoms with van der Waals surface area (Å²) in [6, 6.07) is 9.68. The Labute approximate surface area is 178 Å². The van der Waals surface area contributed by atoms with Crippen molar-refractivity contribution in [1.82, 2.24) is 9.88 Å². The van der Waals surface area contributed by atoms with Crippen molar-refractivity contribution in [3.05, 3.63) is 65.1 Å². The Morgan fingerprint density at radius 3 is 2.42 bits per heavy atom. The summed E-state index contributed by atoms with van der Waals surface area (Å²) in [5.41, 5.74) is -0.0163. The van der Waals surface area contributed by atoms with Gasteiger partial charge in [0.15, 0.2) is 0 Å². The van der Waals surface area contributed by atoms with Gasteiger partial charge in [-0.15, -0.1) is 0 Å². The highest BCUT2D eigenvalue weighted by molar-refractivity contribution is 6.05. The van der Waals surface area contributed by atoms with Gasteiger partial charge in [0, 0.05) is 16.6 Å². The molecule has 0 aliphatic rings. The molecule has 1 atom stereocenters. The van der Waals surface area contributed by atoms with E-state index in [0.717, 1.165) is 6.07 Å². The van der Waals surface area contributed by atoms with Gasteiger partial charge in [0.1, 0.15) is 17.1 Å². The lowest BCUT2D eigenvalue weighted by Gasteiger charge is -2.23. The molecule has 1 aromatic heterocycles. The van der Waals surface area contributed by atoms with Gasteiger partial charge in [-0.25, -0.2) is 9.18 Å². The van der Waals surface area contributed by atoms with E-state index in [1.54, 1.807) is 19.9 Å². The van der Waals surface area contributed by atoms with Crippen LogP contribution in [0.3, 0.4) is 0 Å². The van der Waals surface area contributed by atoms with Crippen molar-refractivity contribution >= 4 is 28.7 Å². The van der Waals surface area contributed by atoms with E-state index in [9.17, 15) is 29.0 Å². The molecule has 1 heterocycles. The second-order valence-electron chi connectivity index (χ2n) is 7.99. The molecule has 0 spiro atoms. The number of benzene rings is 2. The number of carboxylic acid groups (broad SMARTS) is 1. The first kappa shape index (κ1) is 22.0. The molecule has 3 rings (SSSR count). The number of aromatic nitrogens is 1. The summed E-state index contributed by atoms with van der Waals surface area (Å²) in [7, 11) is 0. The highest BCUT2D eigenvalue weighted by atomic mass is 19.1. The lowest BCUT2D eigenvalue weighted by Crippen LogP contribution is -2.50. The first-order valence-corrected chi connectivity index (χ1v) is 9.63. The SMILES string of the molecule is Cc1c(C(C)C(=O)NC(C)(C)C(=O)O)c2cc(O)ccc2n1C(=O)c1cccc(F)c1. The molecular formula is C23H23FN2O5. The molecule has 1 unspecified atom stereocenters. The molecule has 7 nitrogen and oxygen atoms in total. The van der Waals surface area contributed by atoms with E-state index in [1.807, 2.05) is 0 Å². The minimum Gasteiger partial charge on any atom is -0.508 e. The third kappa shape index (κ3) is 4.01. The minimum atomic E-state index is -1.49. The van der Waals surface area contributed by atoms with E-state index < -0.39 is 35.1 Å². The number of carboxylic acids is 1. The molecular weight excluding hydrogens is 403 g/mol. The van der Waals surface area contributed by atoms with Crippen LogP contribution in [0.4, 0.5) is 4.39 Å². The smallest absolute Gasteiger partial charge is 0.328 e. The summed E-state index contributed by atoms with van der Waals surface area (Å²) in [6.07, 6.45) is 0. The minimum absolute atomic E-state index is 0.0532. The Morgan fingerprint density at radius 1 is 1.13 bits per heavy atom. The van der Waals surface area contributed by atoms with Gasteiger partial charge in [-0.3, -0.25) is 14.2 Å². The van der Waals surface area contributed by atoms with Crippen LogP contribution in [0.5, 0.6) is 5.75 Å². The predicted octanol–water partition coefficient (Wildman–Crippen LogP) is 3.57. The normalized spacial score (nSPS) is 12.5. The van der Waals surface area contributed by atoms with Gasteiger partial charge in [0.2, 0.25) is 5.91 Å². The predicted molar refractivity (Wildman–Crippen MR) is 113 cm³/mol. The van der Waals surface area contributed by atoms with E-state index in [-0.39, 0.29) is 11.3 Å². The van der Waals surface area contributed by atoms with Gasteiger partial charge in [-0.2, -0.15) is 0 Å². The number of hydrogen-bond donors (Lipinski definition) is 3. The molecule has 0 saturated heterocycles. The van der Waals surface area contributed by atoms with Gasteiger partial charge in [-0.1, -0.05) is 6.07 Å². The van der Waals surface area contributed by atoms with E-state index in [0.29, 0.717) is 22.2 Å². The Bertz CT molecular complexity index is 1210. The third-order valence-electron chi connectivity index (χ3n) is 5.31. The number of amides is 1. The summed E-state index contributed by atoms with van der Waals surface area (Å²) in [5, 5.41) is 22.3. The maximum absolute atomic E-state index is 13.7. The quantitative estimate of drug-likeness (QED) is 0.578. The van der Waals surface area contributed by atoms with Crippen molar-refractivity contribution in [2.45, 2.75) is 39.2 Å². The van der Waals surface area contributed by atoms with Crippen LogP contribution in [0.15, 0.2) is 42.5 Å². The molecule has 1 amide bonds. The van der Waals surface area contributed by atoms with E-state index in [2.05, 4.69) is 5.32 Å². The number of hydrogen-bond acceptors (Lipinski definition) is 4. The molecule has 3 N–H and O–H groups in total. The summed E-state index contributed by atoms with van der Waals surface area (Å²) < 4.78 is 15.0. The number of rotatable bonds is 5. The fourth-order valence-electron chi connectivity index (χ4n) is 3.59. The molecule has 8 heteroatoms. The standard InChI is InChI=1S/C23H23FN2O5/c1-12(20(28)25-23(3,4)22(30)31)19-13(2)26(18-9-8-16(27)11-17(18)19)21(29)14-6-5-7-15(24)10-14/h5-12,27H,1-4H3,(H,25,28)(H,30,31). The largest absolute Gasteiger partial charge is 0.508 e. The molecule has 0 aliphatic carbocycles. The van der Waals surface area contributed by atoms with Gasteiger partial charge >= 0.3 is 5.97 Å². The maximum atomic E-state index is 13.7. The second-order valence-corrected chi connectivity index (χ2v) is 7.99. The van der Waals surface area contributed by atoms with Gasteiger partial charge in [-0.05, 0) is 69.7 Å². The van der Waals surface area contributed by atoms with Crippen LogP contribution in [0.2, 0.25) is 0 Å². The Morgan fingerprint density at radius 2 is 1.81 bits per heavy atom. The second kappa shape index (κ2) is 7.86. The molecule has 0 saturated carbocycles. The van der Waals surface area contributed by atoms with Crippen LogP contribution >= 0.6 is 0 Å². The van der Waals surface area contributed by atoms with Gasteiger partial charge in [0.25, 0.3) is 5.91 Å². The van der Waals surface area contributed by atoms with E-state index in [1.165, 1.54) is 48.7 Å². The number of aliphatic carboxylic acids is 1. The Balaban J connectivity index is 2.16. The van der Waals surface area contributed by atoms with Crippen LogP contribution in [-0.4, -0.2) is 38.1 Å². The fourth-order valence-corrected chi connectivity index (χ4v) is 3.59. The number of fused-ring (bicyclic) bond motifs is 1. The third-order valence-corrected chi connectivity index (χ3v) is 5.31. The molecule has 31 heavy (non-hydrogen) atoms. The van der Waals surface area contributed by atoms with Crippen molar-refractivity contribution in [2.75, 3.05) is 0 Å². The zero-order chi connectivity index (χ0) is 23.1. The number of aromatic hydroxyl groups is 1. The van der Waals surface area contributed by atoms with Crippen LogP contribution in [-0.2, 0) is 9.59 Å². The summed E-state index contributed by atoms with van der Waals surface area (Å²) >= 11 is 0. The number of nitrogens with zero attached hydrogens (tertiary/aromatic N) is 1. The number of carbonyl (C=O) groups excluding carboxylic acids is 2. The van der Waals surface area contributed by atoms with Crippen LogP contribution in [0, 0.1) is 12.7 Å². The lowest BCUT2D eigenvalue weighted by molar-refractivity contribution is -0.146. The van der Waals surface area contributed by atoms with Crippen LogP contribution in [0.25, 0.3) is 10.9 Å². The molecule has 3 aromatic rings. The average molecular weight is 426 g/mol.